The molecule has 68 valence electrons. The number of rotatable bonds is 2. The Morgan fingerprint density at radius 1 is 1.69 bits per heavy atom. The van der Waals surface area contributed by atoms with Crippen LogP contribution in [0.25, 0.3) is 0 Å². The molecule has 5 nitrogen and oxygen atoms in total. The zero-order valence-electron chi connectivity index (χ0n) is 6.98. The van der Waals surface area contributed by atoms with E-state index < -0.39 is 6.09 Å². The van der Waals surface area contributed by atoms with Crippen LogP contribution in [0.1, 0.15) is 10.4 Å². The van der Waals surface area contributed by atoms with Crippen molar-refractivity contribution in [3.63, 3.8) is 0 Å². The number of nitrogens with one attached hydrogen (secondary N) is 1. The highest BCUT2D eigenvalue weighted by Gasteiger charge is 2.04. The fraction of sp³-hybridized carbons (Fsp3) is 0.125. The molecule has 0 fully saturated rings. The van der Waals surface area contributed by atoms with Crippen LogP contribution in [-0.4, -0.2) is 24.5 Å². The Balaban J connectivity index is 2.87. The molecule has 1 rings (SSSR count). The average Bonchev–Trinajstić information content (AvgIpc) is 2.18. The molecule has 0 unspecified atom stereocenters. The number of amides is 1. The van der Waals surface area contributed by atoms with Crippen LogP contribution in [0.2, 0.25) is 0 Å². The van der Waals surface area contributed by atoms with Crippen LogP contribution in [0.15, 0.2) is 18.5 Å². The van der Waals surface area contributed by atoms with Gasteiger partial charge >= 0.3 is 6.09 Å². The third-order valence-electron chi connectivity index (χ3n) is 1.40. The Morgan fingerprint density at radius 3 is 3.08 bits per heavy atom. The number of carbonyl (C=O) groups excluding carboxylic acids is 2. The maximum Gasteiger partial charge on any atom is 0.411 e. The van der Waals surface area contributed by atoms with E-state index in [4.69, 9.17) is 0 Å². The van der Waals surface area contributed by atoms with Gasteiger partial charge in [0.05, 0.1) is 19.0 Å². The van der Waals surface area contributed by atoms with Crippen molar-refractivity contribution < 1.29 is 14.3 Å². The first-order valence-electron chi connectivity index (χ1n) is 3.52. The molecule has 1 heterocycles. The van der Waals surface area contributed by atoms with Crippen molar-refractivity contribution in [1.29, 1.82) is 0 Å². The summed E-state index contributed by atoms with van der Waals surface area (Å²) in [6.45, 7) is 0. The van der Waals surface area contributed by atoms with Crippen LogP contribution >= 0.6 is 0 Å². The molecule has 0 aliphatic heterocycles. The lowest BCUT2D eigenvalue weighted by atomic mass is 10.2. The number of pyridine rings is 1. The number of hydrogen-bond donors (Lipinski definition) is 1. The summed E-state index contributed by atoms with van der Waals surface area (Å²) < 4.78 is 4.36. The minimum Gasteiger partial charge on any atom is -0.453 e. The summed E-state index contributed by atoms with van der Waals surface area (Å²) in [6, 6.07) is 1.50. The largest absolute Gasteiger partial charge is 0.453 e. The van der Waals surface area contributed by atoms with Crippen molar-refractivity contribution in [3.8, 4) is 0 Å². The van der Waals surface area contributed by atoms with E-state index in [1.165, 1.54) is 25.6 Å². The van der Waals surface area contributed by atoms with Crippen molar-refractivity contribution in [2.45, 2.75) is 0 Å². The molecule has 0 aliphatic carbocycles. The highest BCUT2D eigenvalue weighted by atomic mass is 16.5. The van der Waals surface area contributed by atoms with E-state index in [1.54, 1.807) is 0 Å². The zero-order chi connectivity index (χ0) is 9.68. The number of nitrogens with zero attached hydrogens (tertiary/aromatic N) is 1. The molecule has 1 N–H and O–H groups in total. The Bertz CT molecular complexity index is 325. The van der Waals surface area contributed by atoms with Crippen LogP contribution < -0.4 is 5.32 Å². The molecule has 0 radical (unpaired) electrons. The molecule has 1 aromatic rings. The van der Waals surface area contributed by atoms with Crippen LogP contribution in [0, 0.1) is 0 Å². The van der Waals surface area contributed by atoms with Crippen molar-refractivity contribution in [1.82, 2.24) is 4.98 Å². The molecule has 1 aromatic heterocycles. The summed E-state index contributed by atoms with van der Waals surface area (Å²) in [7, 11) is 1.24. The van der Waals surface area contributed by atoms with Crippen molar-refractivity contribution >= 4 is 18.1 Å². The van der Waals surface area contributed by atoms with Gasteiger partial charge in [-0.2, -0.15) is 0 Å². The molecule has 5 heteroatoms. The second-order valence-corrected chi connectivity index (χ2v) is 2.20. The smallest absolute Gasteiger partial charge is 0.411 e. The summed E-state index contributed by atoms with van der Waals surface area (Å²) in [5, 5.41) is 2.36. The average molecular weight is 180 g/mol. The minimum absolute atomic E-state index is 0.337. The fourth-order valence-electron chi connectivity index (χ4n) is 0.773. The SMILES string of the molecule is COC(=O)Nc1cnccc1C=O. The van der Waals surface area contributed by atoms with Gasteiger partial charge < -0.3 is 4.74 Å². The number of aromatic nitrogens is 1. The van der Waals surface area contributed by atoms with Gasteiger partial charge in [0.2, 0.25) is 0 Å². The molecule has 0 spiro atoms. The number of hydrogen-bond acceptors (Lipinski definition) is 4. The van der Waals surface area contributed by atoms with E-state index in [-0.39, 0.29) is 0 Å². The third-order valence-corrected chi connectivity index (χ3v) is 1.40. The molecule has 0 saturated heterocycles. The van der Waals surface area contributed by atoms with E-state index in [0.717, 1.165) is 0 Å². The highest BCUT2D eigenvalue weighted by Crippen LogP contribution is 2.10. The topological polar surface area (TPSA) is 68.3 Å². The molecular weight excluding hydrogens is 172 g/mol. The first-order chi connectivity index (χ1) is 6.27. The van der Waals surface area contributed by atoms with Gasteiger partial charge in [0, 0.05) is 11.8 Å². The van der Waals surface area contributed by atoms with Gasteiger partial charge in [-0.15, -0.1) is 0 Å². The standard InChI is InChI=1S/C8H8N2O3/c1-13-8(12)10-7-4-9-3-2-6(7)5-11/h2-5H,1H3,(H,10,12). The molecule has 0 aromatic carbocycles. The number of methoxy groups -OCH3 is 1. The number of anilines is 1. The predicted octanol–water partition coefficient (Wildman–Crippen LogP) is 1.07. The minimum atomic E-state index is -0.629. The molecule has 0 saturated carbocycles. The Labute approximate surface area is 74.7 Å². The highest BCUT2D eigenvalue weighted by molar-refractivity contribution is 5.92. The van der Waals surface area contributed by atoms with Gasteiger partial charge in [-0.25, -0.2) is 4.79 Å². The maximum atomic E-state index is 10.8. The summed E-state index contributed by atoms with van der Waals surface area (Å²) in [5.74, 6) is 0. The molecule has 1 amide bonds. The maximum absolute atomic E-state index is 10.8. The Hall–Kier alpha value is -1.91. The number of carbonyl (C=O) groups is 2. The second-order valence-electron chi connectivity index (χ2n) is 2.20. The summed E-state index contributed by atoms with van der Waals surface area (Å²) in [5.41, 5.74) is 0.699. The van der Waals surface area contributed by atoms with Crippen LogP contribution in [-0.2, 0) is 4.74 Å². The fourth-order valence-corrected chi connectivity index (χ4v) is 0.773. The van der Waals surface area contributed by atoms with Gasteiger partial charge in [0.25, 0.3) is 0 Å². The van der Waals surface area contributed by atoms with Crippen molar-refractivity contribution in [3.05, 3.63) is 24.0 Å². The van der Waals surface area contributed by atoms with E-state index in [0.29, 0.717) is 17.5 Å². The molecular formula is C8H8N2O3. The second kappa shape index (κ2) is 4.20. The van der Waals surface area contributed by atoms with Gasteiger partial charge in [-0.1, -0.05) is 0 Å². The summed E-state index contributed by atoms with van der Waals surface area (Å²) in [6.07, 6.45) is 2.84. The Kier molecular flexibility index (Phi) is 2.97. The summed E-state index contributed by atoms with van der Waals surface area (Å²) >= 11 is 0. The number of ether oxygens (including phenoxy) is 1. The normalized spacial score (nSPS) is 9.00. The quantitative estimate of drug-likeness (QED) is 0.691. The Morgan fingerprint density at radius 2 is 2.46 bits per heavy atom. The van der Waals surface area contributed by atoms with Gasteiger partial charge in [-0.3, -0.25) is 15.1 Å². The monoisotopic (exact) mass is 180 g/mol. The molecule has 13 heavy (non-hydrogen) atoms. The molecule has 0 aliphatic rings. The first-order valence-corrected chi connectivity index (χ1v) is 3.52. The van der Waals surface area contributed by atoms with Crippen molar-refractivity contribution in [2.75, 3.05) is 12.4 Å². The van der Waals surface area contributed by atoms with Crippen LogP contribution in [0.5, 0.6) is 0 Å². The summed E-state index contributed by atoms with van der Waals surface area (Å²) in [4.78, 5) is 25.0. The van der Waals surface area contributed by atoms with Gasteiger partial charge in [0.1, 0.15) is 0 Å². The van der Waals surface area contributed by atoms with Crippen molar-refractivity contribution in [2.24, 2.45) is 0 Å². The van der Waals surface area contributed by atoms with Crippen LogP contribution in [0.4, 0.5) is 10.5 Å². The lowest BCUT2D eigenvalue weighted by Crippen LogP contribution is -2.12. The van der Waals surface area contributed by atoms with Gasteiger partial charge in [-0.05, 0) is 6.07 Å². The van der Waals surface area contributed by atoms with E-state index in [1.807, 2.05) is 0 Å². The molecule has 0 atom stereocenters. The van der Waals surface area contributed by atoms with E-state index >= 15 is 0 Å². The lowest BCUT2D eigenvalue weighted by molar-refractivity contribution is 0.112. The number of aldehydes is 1. The first kappa shape index (κ1) is 9.18. The third kappa shape index (κ3) is 2.26. The van der Waals surface area contributed by atoms with Gasteiger partial charge in [0.15, 0.2) is 6.29 Å². The molecule has 0 bridgehead atoms. The predicted molar refractivity (Wildman–Crippen MR) is 45.7 cm³/mol. The van der Waals surface area contributed by atoms with Crippen LogP contribution in [0.3, 0.4) is 0 Å². The zero-order valence-corrected chi connectivity index (χ0v) is 6.98. The van der Waals surface area contributed by atoms with E-state index in [2.05, 4.69) is 15.0 Å². The van der Waals surface area contributed by atoms with E-state index in [9.17, 15) is 9.59 Å². The lowest BCUT2D eigenvalue weighted by Gasteiger charge is -2.04.